The summed E-state index contributed by atoms with van der Waals surface area (Å²) < 4.78 is 0. The molecule has 1 saturated carbocycles. The van der Waals surface area contributed by atoms with Crippen molar-refractivity contribution in [1.82, 2.24) is 15.0 Å². The molecule has 1 N–H and O–H groups in total. The second-order valence-electron chi connectivity index (χ2n) is 6.38. The molecule has 0 aliphatic heterocycles. The first-order valence-corrected chi connectivity index (χ1v) is 7.95. The van der Waals surface area contributed by atoms with E-state index in [9.17, 15) is 0 Å². The first-order chi connectivity index (χ1) is 10.2. The van der Waals surface area contributed by atoms with Gasteiger partial charge in [-0.15, -0.1) is 0 Å². The summed E-state index contributed by atoms with van der Waals surface area (Å²) in [5, 5.41) is 12.0. The van der Waals surface area contributed by atoms with E-state index >= 15 is 0 Å². The summed E-state index contributed by atoms with van der Waals surface area (Å²) in [5.41, 5.74) is 2.19. The summed E-state index contributed by atoms with van der Waals surface area (Å²) in [6.45, 7) is 4.69. The number of benzene rings is 1. The van der Waals surface area contributed by atoms with Crippen molar-refractivity contribution in [2.75, 3.05) is 5.32 Å². The highest BCUT2D eigenvalue weighted by Crippen LogP contribution is 2.31. The molecule has 1 fully saturated rings. The van der Waals surface area contributed by atoms with E-state index in [1.54, 1.807) is 17.2 Å². The number of anilines is 1. The average Bonchev–Trinajstić information content (AvgIpc) is 3.02. The Hall–Kier alpha value is -1.84. The first kappa shape index (κ1) is 14.1. The Balaban J connectivity index is 1.62. The molecule has 2 unspecified atom stereocenters. The molecule has 3 rings (SSSR count). The molecular weight excluding hydrogens is 260 g/mol. The molecule has 112 valence electrons. The van der Waals surface area contributed by atoms with Crippen LogP contribution in [0.1, 0.15) is 39.5 Å². The van der Waals surface area contributed by atoms with Crippen LogP contribution >= 0.6 is 0 Å². The minimum Gasteiger partial charge on any atom is -0.382 e. The van der Waals surface area contributed by atoms with Gasteiger partial charge < -0.3 is 5.32 Å². The summed E-state index contributed by atoms with van der Waals surface area (Å²) in [5.74, 6) is 1.66. The first-order valence-electron chi connectivity index (χ1n) is 7.95. The van der Waals surface area contributed by atoms with E-state index in [4.69, 9.17) is 0 Å². The monoisotopic (exact) mass is 284 g/mol. The van der Waals surface area contributed by atoms with Gasteiger partial charge in [0.25, 0.3) is 0 Å². The number of rotatable bonds is 4. The lowest BCUT2D eigenvalue weighted by molar-refractivity contribution is 0.264. The quantitative estimate of drug-likeness (QED) is 0.926. The molecule has 21 heavy (non-hydrogen) atoms. The van der Waals surface area contributed by atoms with Crippen LogP contribution in [-0.4, -0.2) is 21.0 Å². The highest BCUT2D eigenvalue weighted by molar-refractivity contribution is 5.48. The maximum Gasteiger partial charge on any atom is 0.0858 e. The fourth-order valence-corrected chi connectivity index (χ4v) is 3.24. The van der Waals surface area contributed by atoms with Crippen molar-refractivity contribution >= 4 is 5.69 Å². The maximum absolute atomic E-state index is 4.15. The smallest absolute Gasteiger partial charge is 0.0858 e. The Labute approximate surface area is 126 Å². The normalized spacial score (nSPS) is 22.4. The zero-order valence-electron chi connectivity index (χ0n) is 12.9. The van der Waals surface area contributed by atoms with Crippen LogP contribution < -0.4 is 5.32 Å². The molecule has 0 radical (unpaired) electrons. The van der Waals surface area contributed by atoms with E-state index in [0.29, 0.717) is 6.04 Å². The molecule has 1 aliphatic carbocycles. The number of hydrogen-bond donors (Lipinski definition) is 1. The Morgan fingerprint density at radius 1 is 1.10 bits per heavy atom. The molecule has 1 aromatic carbocycles. The van der Waals surface area contributed by atoms with Crippen molar-refractivity contribution in [2.24, 2.45) is 11.8 Å². The topological polar surface area (TPSA) is 42.7 Å². The molecule has 4 nitrogen and oxygen atoms in total. The van der Waals surface area contributed by atoms with Crippen LogP contribution in [0.3, 0.4) is 0 Å². The Kier molecular flexibility index (Phi) is 4.23. The van der Waals surface area contributed by atoms with Crippen LogP contribution in [0, 0.1) is 11.8 Å². The fraction of sp³-hybridized carbons (Fsp3) is 0.529. The van der Waals surface area contributed by atoms with Crippen molar-refractivity contribution in [3.63, 3.8) is 0 Å². The van der Waals surface area contributed by atoms with Gasteiger partial charge in [-0.2, -0.15) is 15.0 Å². The lowest BCUT2D eigenvalue weighted by atomic mass is 9.79. The average molecular weight is 284 g/mol. The van der Waals surface area contributed by atoms with Crippen LogP contribution in [0.4, 0.5) is 5.69 Å². The van der Waals surface area contributed by atoms with E-state index in [1.807, 2.05) is 0 Å². The second-order valence-corrected chi connectivity index (χ2v) is 6.38. The highest BCUT2D eigenvalue weighted by atomic mass is 15.5. The van der Waals surface area contributed by atoms with Gasteiger partial charge in [-0.05, 0) is 48.9 Å². The van der Waals surface area contributed by atoms with Gasteiger partial charge in [-0.3, -0.25) is 0 Å². The fourth-order valence-electron chi connectivity index (χ4n) is 3.24. The third-order valence-corrected chi connectivity index (χ3v) is 4.55. The van der Waals surface area contributed by atoms with E-state index in [-0.39, 0.29) is 0 Å². The zero-order valence-corrected chi connectivity index (χ0v) is 12.9. The molecule has 0 spiro atoms. The van der Waals surface area contributed by atoms with Gasteiger partial charge in [0, 0.05) is 11.7 Å². The molecule has 0 amide bonds. The zero-order chi connectivity index (χ0) is 14.7. The van der Waals surface area contributed by atoms with E-state index in [2.05, 4.69) is 53.6 Å². The minimum atomic E-state index is 0.611. The molecular formula is C17H24N4. The van der Waals surface area contributed by atoms with E-state index in [1.165, 1.54) is 31.4 Å². The number of hydrogen-bond acceptors (Lipinski definition) is 3. The van der Waals surface area contributed by atoms with Crippen LogP contribution in [-0.2, 0) is 0 Å². The molecule has 0 bridgehead atoms. The van der Waals surface area contributed by atoms with Crippen LogP contribution in [0.15, 0.2) is 36.7 Å². The van der Waals surface area contributed by atoms with Crippen LogP contribution in [0.2, 0.25) is 0 Å². The van der Waals surface area contributed by atoms with Crippen molar-refractivity contribution < 1.29 is 0 Å². The second kappa shape index (κ2) is 6.29. The summed E-state index contributed by atoms with van der Waals surface area (Å²) in [6, 6.07) is 8.98. The van der Waals surface area contributed by atoms with Crippen molar-refractivity contribution in [1.29, 1.82) is 0 Å². The Morgan fingerprint density at radius 3 is 2.48 bits per heavy atom. The van der Waals surface area contributed by atoms with Gasteiger partial charge >= 0.3 is 0 Å². The Morgan fingerprint density at radius 2 is 1.81 bits per heavy atom. The number of aromatic nitrogens is 3. The molecule has 1 aromatic heterocycles. The highest BCUT2D eigenvalue weighted by Gasteiger charge is 2.23. The predicted molar refractivity (Wildman–Crippen MR) is 85.6 cm³/mol. The van der Waals surface area contributed by atoms with E-state index < -0.39 is 0 Å². The largest absolute Gasteiger partial charge is 0.382 e. The lowest BCUT2D eigenvalue weighted by Crippen LogP contribution is -2.29. The molecule has 4 heteroatoms. The standard InChI is InChI=1S/C17H24N4/c1-13(2)14-4-3-5-16(12-14)20-15-6-8-17(9-7-15)21-18-10-11-19-21/h6-11,13-14,16,20H,3-5,12H2,1-2H3. The molecule has 2 aromatic rings. The molecule has 0 saturated heterocycles. The van der Waals surface area contributed by atoms with Crippen LogP contribution in [0.5, 0.6) is 0 Å². The third-order valence-electron chi connectivity index (χ3n) is 4.55. The molecule has 2 atom stereocenters. The summed E-state index contributed by atoms with van der Waals surface area (Å²) in [6.07, 6.45) is 8.70. The van der Waals surface area contributed by atoms with Crippen LogP contribution in [0.25, 0.3) is 5.69 Å². The maximum atomic E-state index is 4.15. The summed E-state index contributed by atoms with van der Waals surface area (Å²) in [4.78, 5) is 1.64. The van der Waals surface area contributed by atoms with Crippen molar-refractivity contribution in [3.05, 3.63) is 36.7 Å². The summed E-state index contributed by atoms with van der Waals surface area (Å²) >= 11 is 0. The van der Waals surface area contributed by atoms with Gasteiger partial charge in [0.05, 0.1) is 18.1 Å². The lowest BCUT2D eigenvalue weighted by Gasteiger charge is -2.32. The SMILES string of the molecule is CC(C)C1CCCC(Nc2ccc(-n3nccn3)cc2)C1. The van der Waals surface area contributed by atoms with Gasteiger partial charge in [0.15, 0.2) is 0 Å². The van der Waals surface area contributed by atoms with Crippen molar-refractivity contribution in [2.45, 2.75) is 45.6 Å². The molecule has 1 aliphatic rings. The Bertz CT molecular complexity index is 545. The van der Waals surface area contributed by atoms with E-state index in [0.717, 1.165) is 17.5 Å². The number of nitrogens with one attached hydrogen (secondary N) is 1. The van der Waals surface area contributed by atoms with Crippen molar-refractivity contribution in [3.8, 4) is 5.69 Å². The summed E-state index contributed by atoms with van der Waals surface area (Å²) in [7, 11) is 0. The van der Waals surface area contributed by atoms with Gasteiger partial charge in [-0.25, -0.2) is 0 Å². The van der Waals surface area contributed by atoms with Gasteiger partial charge in [0.1, 0.15) is 0 Å². The minimum absolute atomic E-state index is 0.611. The third kappa shape index (κ3) is 3.43. The molecule has 1 heterocycles. The van der Waals surface area contributed by atoms with Gasteiger partial charge in [-0.1, -0.05) is 26.7 Å². The number of nitrogens with zero attached hydrogens (tertiary/aromatic N) is 3. The van der Waals surface area contributed by atoms with Gasteiger partial charge in [0.2, 0.25) is 0 Å². The predicted octanol–water partition coefficient (Wildman–Crippen LogP) is 3.89.